The lowest BCUT2D eigenvalue weighted by Crippen LogP contribution is -2.16. The minimum Gasteiger partial charge on any atom is -0.406 e. The molecule has 0 N–H and O–H groups in total. The summed E-state index contributed by atoms with van der Waals surface area (Å²) in [5.74, 6) is 4.34. The van der Waals surface area contributed by atoms with E-state index in [0.29, 0.717) is 11.1 Å². The number of benzene rings is 2. The van der Waals surface area contributed by atoms with E-state index in [1.165, 1.54) is 36.4 Å². The van der Waals surface area contributed by atoms with Crippen LogP contribution in [0.2, 0.25) is 0 Å². The molecule has 25 heavy (non-hydrogen) atoms. The Labute approximate surface area is 142 Å². The van der Waals surface area contributed by atoms with Gasteiger partial charge in [0.1, 0.15) is 5.75 Å². The third-order valence-electron chi connectivity index (χ3n) is 2.65. The molecule has 0 fully saturated rings. The van der Waals surface area contributed by atoms with Crippen molar-refractivity contribution in [2.45, 2.75) is 20.2 Å². The molecule has 0 bridgehead atoms. The van der Waals surface area contributed by atoms with Crippen LogP contribution in [0.3, 0.4) is 0 Å². The highest BCUT2D eigenvalue weighted by molar-refractivity contribution is 5.94. The predicted octanol–water partition coefficient (Wildman–Crippen LogP) is 4.92. The zero-order chi connectivity index (χ0) is 18.9. The lowest BCUT2D eigenvalue weighted by molar-refractivity contribution is -0.274. The molecular formula is C18H14F3NO3. The second-order valence-corrected chi connectivity index (χ2v) is 4.30. The molecule has 0 unspecified atom stereocenters. The molecule has 0 atom stereocenters. The van der Waals surface area contributed by atoms with Crippen LogP contribution in [0.5, 0.6) is 5.75 Å². The van der Waals surface area contributed by atoms with Crippen molar-refractivity contribution in [2.75, 3.05) is 0 Å². The molecule has 0 aliphatic carbocycles. The summed E-state index contributed by atoms with van der Waals surface area (Å²) >= 11 is 0. The summed E-state index contributed by atoms with van der Waals surface area (Å²) in [5, 5.41) is 2.30. The lowest BCUT2D eigenvalue weighted by Gasteiger charge is -2.07. The van der Waals surface area contributed by atoms with Gasteiger partial charge in [0.2, 0.25) is 0 Å². The topological polar surface area (TPSA) is 55.7 Å². The molecule has 130 valence electrons. The van der Waals surface area contributed by atoms with Gasteiger partial charge in [0.05, 0.1) is 0 Å². The Morgan fingerprint density at radius 3 is 1.76 bits per heavy atom. The number of nitroso groups, excluding NO2 is 1. The van der Waals surface area contributed by atoms with Gasteiger partial charge in [-0.05, 0) is 48.5 Å². The Hall–Kier alpha value is -3.14. The fourth-order valence-electron chi connectivity index (χ4n) is 1.63. The molecule has 0 aliphatic rings. The lowest BCUT2D eigenvalue weighted by atomic mass is 10.1. The second kappa shape index (κ2) is 9.23. The Morgan fingerprint density at radius 2 is 1.36 bits per heavy atom. The predicted molar refractivity (Wildman–Crippen MR) is 87.0 cm³/mol. The summed E-state index contributed by atoms with van der Waals surface area (Å²) in [4.78, 5) is 21.1. The Kier molecular flexibility index (Phi) is 7.35. The van der Waals surface area contributed by atoms with Crippen LogP contribution in [0.1, 0.15) is 35.3 Å². The van der Waals surface area contributed by atoms with Crippen molar-refractivity contribution in [3.8, 4) is 17.6 Å². The van der Waals surface area contributed by atoms with E-state index in [0.717, 1.165) is 12.1 Å². The number of hydrogen-bond acceptors (Lipinski definition) is 3. The maximum atomic E-state index is 12.0. The van der Waals surface area contributed by atoms with Crippen molar-refractivity contribution >= 4 is 5.91 Å². The highest BCUT2D eigenvalue weighted by Gasteiger charge is 2.30. The largest absolute Gasteiger partial charge is 0.573 e. The van der Waals surface area contributed by atoms with Crippen LogP contribution in [0, 0.1) is 16.7 Å². The van der Waals surface area contributed by atoms with E-state index in [1.807, 2.05) is 13.8 Å². The normalized spacial score (nSPS) is 9.80. The van der Waals surface area contributed by atoms with Crippen molar-refractivity contribution in [2.24, 2.45) is 5.18 Å². The molecule has 2 aromatic rings. The van der Waals surface area contributed by atoms with Gasteiger partial charge in [-0.3, -0.25) is 4.79 Å². The number of alkyl halides is 3. The van der Waals surface area contributed by atoms with Gasteiger partial charge in [-0.25, -0.2) is 0 Å². The van der Waals surface area contributed by atoms with E-state index < -0.39 is 12.3 Å². The van der Waals surface area contributed by atoms with E-state index in [4.69, 9.17) is 0 Å². The zero-order valence-corrected chi connectivity index (χ0v) is 13.4. The summed E-state index contributed by atoms with van der Waals surface area (Å²) < 4.78 is 39.8. The highest BCUT2D eigenvalue weighted by atomic mass is 19.4. The number of ether oxygens (including phenoxy) is 1. The van der Waals surface area contributed by atoms with E-state index in [2.05, 4.69) is 21.8 Å². The molecule has 0 aliphatic heterocycles. The van der Waals surface area contributed by atoms with Crippen LogP contribution in [-0.4, -0.2) is 12.3 Å². The van der Waals surface area contributed by atoms with Gasteiger partial charge in [0.25, 0.3) is 0 Å². The smallest absolute Gasteiger partial charge is 0.406 e. The van der Waals surface area contributed by atoms with Gasteiger partial charge in [0.15, 0.2) is 0 Å². The quantitative estimate of drug-likeness (QED) is 0.571. The Balaban J connectivity index is 0.00000151. The number of nitrogens with zero attached hydrogens (tertiary/aromatic N) is 1. The number of rotatable bonds is 2. The first-order valence-electron chi connectivity index (χ1n) is 7.23. The number of carbonyl (C=O) groups is 1. The van der Waals surface area contributed by atoms with Crippen molar-refractivity contribution in [1.29, 1.82) is 0 Å². The highest BCUT2D eigenvalue weighted by Crippen LogP contribution is 2.22. The number of amides is 1. The maximum absolute atomic E-state index is 12.0. The first kappa shape index (κ1) is 19.9. The standard InChI is InChI=1S/C16H8F3NO3.C2H6/c17-16(18,19)23-14-9-5-12(6-10-14)2-1-11-3-7-13(8-4-11)15(21)20-22;1-2/h3-10H;1-2H3. The van der Waals surface area contributed by atoms with E-state index in [-0.39, 0.29) is 11.3 Å². The molecule has 0 saturated heterocycles. The van der Waals surface area contributed by atoms with Crippen molar-refractivity contribution in [3.63, 3.8) is 0 Å². The molecule has 2 rings (SSSR count). The number of halogens is 3. The summed E-state index contributed by atoms with van der Waals surface area (Å²) in [6.45, 7) is 4.00. The minimum absolute atomic E-state index is 0.152. The van der Waals surface area contributed by atoms with Gasteiger partial charge in [0, 0.05) is 21.9 Å². The number of carbonyl (C=O) groups excluding carboxylic acids is 1. The molecule has 0 radical (unpaired) electrons. The Morgan fingerprint density at radius 1 is 0.920 bits per heavy atom. The van der Waals surface area contributed by atoms with Crippen LogP contribution >= 0.6 is 0 Å². The maximum Gasteiger partial charge on any atom is 0.573 e. The molecule has 0 spiro atoms. The molecular weight excluding hydrogens is 335 g/mol. The molecule has 0 aromatic heterocycles. The third kappa shape index (κ3) is 6.87. The van der Waals surface area contributed by atoms with Crippen LogP contribution in [0.25, 0.3) is 0 Å². The third-order valence-corrected chi connectivity index (χ3v) is 2.65. The van der Waals surface area contributed by atoms with Crippen LogP contribution in [-0.2, 0) is 0 Å². The van der Waals surface area contributed by atoms with Gasteiger partial charge < -0.3 is 4.74 Å². The fraction of sp³-hybridized carbons (Fsp3) is 0.167. The molecule has 1 amide bonds. The van der Waals surface area contributed by atoms with Crippen LogP contribution in [0.4, 0.5) is 13.2 Å². The fourth-order valence-corrected chi connectivity index (χ4v) is 1.63. The minimum atomic E-state index is -4.73. The van der Waals surface area contributed by atoms with E-state index >= 15 is 0 Å². The van der Waals surface area contributed by atoms with Gasteiger partial charge in [-0.2, -0.15) is 0 Å². The summed E-state index contributed by atoms with van der Waals surface area (Å²) in [7, 11) is 0. The summed E-state index contributed by atoms with van der Waals surface area (Å²) in [6.07, 6.45) is -4.73. The van der Waals surface area contributed by atoms with Crippen molar-refractivity contribution in [3.05, 3.63) is 70.1 Å². The van der Waals surface area contributed by atoms with Gasteiger partial charge in [-0.15, -0.1) is 18.1 Å². The average molecular weight is 349 g/mol. The molecule has 0 heterocycles. The molecule has 0 saturated carbocycles. The first-order valence-corrected chi connectivity index (χ1v) is 7.23. The molecule has 4 nitrogen and oxygen atoms in total. The van der Waals surface area contributed by atoms with E-state index in [1.54, 1.807) is 0 Å². The SMILES string of the molecule is CC.O=NC(=O)c1ccc(C#Cc2ccc(OC(F)(F)F)cc2)cc1. The zero-order valence-electron chi connectivity index (χ0n) is 13.4. The monoisotopic (exact) mass is 349 g/mol. The van der Waals surface area contributed by atoms with E-state index in [9.17, 15) is 22.9 Å². The second-order valence-electron chi connectivity index (χ2n) is 4.30. The van der Waals surface area contributed by atoms with Crippen LogP contribution < -0.4 is 4.74 Å². The summed E-state index contributed by atoms with van der Waals surface area (Å²) in [6, 6.07) is 11.0. The average Bonchev–Trinajstić information content (AvgIpc) is 2.61. The first-order chi connectivity index (χ1) is 11.9. The summed E-state index contributed by atoms with van der Waals surface area (Å²) in [5.41, 5.74) is 1.22. The van der Waals surface area contributed by atoms with Gasteiger partial charge in [-0.1, -0.05) is 25.7 Å². The Bertz CT molecular complexity index is 770. The van der Waals surface area contributed by atoms with Gasteiger partial charge >= 0.3 is 12.3 Å². The van der Waals surface area contributed by atoms with Crippen molar-refractivity contribution in [1.82, 2.24) is 0 Å². The van der Waals surface area contributed by atoms with Crippen molar-refractivity contribution < 1.29 is 22.7 Å². The molecule has 7 heteroatoms. The molecule has 2 aromatic carbocycles. The number of hydrogen-bond donors (Lipinski definition) is 0. The van der Waals surface area contributed by atoms with Crippen LogP contribution in [0.15, 0.2) is 53.7 Å².